The van der Waals surface area contributed by atoms with Crippen molar-refractivity contribution in [1.82, 2.24) is 4.90 Å². The maximum Gasteiger partial charge on any atom is 0.329 e. The topological polar surface area (TPSA) is 72.9 Å². The van der Waals surface area contributed by atoms with Crippen molar-refractivity contribution >= 4 is 17.8 Å². The van der Waals surface area contributed by atoms with Crippen LogP contribution in [0.3, 0.4) is 0 Å². The summed E-state index contributed by atoms with van der Waals surface area (Å²) in [4.78, 5) is 38.6. The van der Waals surface area contributed by atoms with Gasteiger partial charge >= 0.3 is 11.9 Å². The molecule has 2 aliphatic heterocycles. The molecule has 1 amide bonds. The molecule has 0 spiro atoms. The first kappa shape index (κ1) is 29.6. The highest BCUT2D eigenvalue weighted by Crippen LogP contribution is 2.33. The van der Waals surface area contributed by atoms with Gasteiger partial charge in [-0.3, -0.25) is 9.59 Å². The molecule has 0 aromatic heterocycles. The summed E-state index contributed by atoms with van der Waals surface area (Å²) in [6.07, 6.45) is 19.1. The van der Waals surface area contributed by atoms with E-state index in [4.69, 9.17) is 9.47 Å². The van der Waals surface area contributed by atoms with Gasteiger partial charge < -0.3 is 14.4 Å². The second kappa shape index (κ2) is 17.0. The van der Waals surface area contributed by atoms with E-state index in [1.165, 1.54) is 64.7 Å². The van der Waals surface area contributed by atoms with Crippen molar-refractivity contribution < 1.29 is 23.9 Å². The average Bonchev–Trinajstić information content (AvgIpc) is 3.33. The number of esters is 2. The van der Waals surface area contributed by atoms with Gasteiger partial charge in [-0.1, -0.05) is 90.9 Å². The van der Waals surface area contributed by atoms with Gasteiger partial charge in [0.1, 0.15) is 18.2 Å². The standard InChI is InChI=1S/C29H51NO5/c1-4-6-8-10-11-12-13-14-15-18-24(34-29(33)26-20-17-21-30(26)23(3)31)22-27-25(28(32)35-27)19-16-9-7-5-2/h24-27H,4-22H2,1-3H3/t24-,25-,26-,27-/m0/s1. The summed E-state index contributed by atoms with van der Waals surface area (Å²) in [5, 5.41) is 0. The Morgan fingerprint density at radius 1 is 0.943 bits per heavy atom. The van der Waals surface area contributed by atoms with Gasteiger partial charge in [-0.05, 0) is 32.1 Å². The summed E-state index contributed by atoms with van der Waals surface area (Å²) >= 11 is 0. The van der Waals surface area contributed by atoms with Gasteiger partial charge in [0.15, 0.2) is 0 Å². The molecule has 2 fully saturated rings. The number of hydrogen-bond acceptors (Lipinski definition) is 5. The van der Waals surface area contributed by atoms with Crippen molar-refractivity contribution in [2.45, 2.75) is 155 Å². The first-order chi connectivity index (χ1) is 17.0. The van der Waals surface area contributed by atoms with Crippen LogP contribution in [0.15, 0.2) is 0 Å². The number of carbonyl (C=O) groups is 3. The first-order valence-electron chi connectivity index (χ1n) is 14.7. The quantitative estimate of drug-likeness (QED) is 0.147. The fourth-order valence-corrected chi connectivity index (χ4v) is 5.50. The second-order valence-electron chi connectivity index (χ2n) is 10.7. The van der Waals surface area contributed by atoms with Crippen LogP contribution < -0.4 is 0 Å². The highest BCUT2D eigenvalue weighted by Gasteiger charge is 2.44. The van der Waals surface area contributed by atoms with Gasteiger partial charge in [0.05, 0.1) is 5.92 Å². The van der Waals surface area contributed by atoms with E-state index in [1.54, 1.807) is 4.90 Å². The van der Waals surface area contributed by atoms with Gasteiger partial charge in [0.2, 0.25) is 5.91 Å². The molecule has 6 nitrogen and oxygen atoms in total. The smallest absolute Gasteiger partial charge is 0.329 e. The van der Waals surface area contributed by atoms with E-state index in [0.29, 0.717) is 19.4 Å². The van der Waals surface area contributed by atoms with Gasteiger partial charge in [-0.25, -0.2) is 4.79 Å². The number of likely N-dealkylation sites (tertiary alicyclic amines) is 1. The Labute approximate surface area is 213 Å². The van der Waals surface area contributed by atoms with E-state index in [2.05, 4.69) is 13.8 Å². The number of unbranched alkanes of at least 4 members (excludes halogenated alkanes) is 11. The van der Waals surface area contributed by atoms with Crippen molar-refractivity contribution in [3.8, 4) is 0 Å². The SMILES string of the molecule is CCCCCCCCCCC[C@@H](C[C@@H]1OC(=O)[C@H]1CCCCCC)OC(=O)[C@@H]1CCCN1C(C)=O. The van der Waals surface area contributed by atoms with Crippen molar-refractivity contribution in [3.63, 3.8) is 0 Å². The summed E-state index contributed by atoms with van der Waals surface area (Å²) in [5.41, 5.74) is 0. The largest absolute Gasteiger partial charge is 0.461 e. The molecular weight excluding hydrogens is 442 g/mol. The molecule has 0 aliphatic carbocycles. The first-order valence-corrected chi connectivity index (χ1v) is 14.7. The van der Waals surface area contributed by atoms with Crippen molar-refractivity contribution in [2.75, 3.05) is 6.54 Å². The molecule has 2 aliphatic rings. The fourth-order valence-electron chi connectivity index (χ4n) is 5.50. The Bertz CT molecular complexity index is 637. The Hall–Kier alpha value is -1.59. The Morgan fingerprint density at radius 2 is 1.54 bits per heavy atom. The number of cyclic esters (lactones) is 1. The molecule has 202 valence electrons. The lowest BCUT2D eigenvalue weighted by molar-refractivity contribution is -0.190. The molecule has 0 aromatic rings. The third kappa shape index (κ3) is 10.5. The van der Waals surface area contributed by atoms with Crippen molar-refractivity contribution in [3.05, 3.63) is 0 Å². The third-order valence-corrected chi connectivity index (χ3v) is 7.72. The molecule has 0 aromatic carbocycles. The zero-order chi connectivity index (χ0) is 25.5. The molecule has 0 unspecified atom stereocenters. The van der Waals surface area contributed by atoms with Crippen LogP contribution in [0.2, 0.25) is 0 Å². The highest BCUT2D eigenvalue weighted by molar-refractivity contribution is 5.84. The van der Waals surface area contributed by atoms with E-state index in [0.717, 1.165) is 44.9 Å². The molecule has 2 heterocycles. The summed E-state index contributed by atoms with van der Waals surface area (Å²) in [6.45, 7) is 6.57. The van der Waals surface area contributed by atoms with Crippen LogP contribution in [0.25, 0.3) is 0 Å². The van der Waals surface area contributed by atoms with Gasteiger partial charge in [0.25, 0.3) is 0 Å². The third-order valence-electron chi connectivity index (χ3n) is 7.72. The minimum Gasteiger partial charge on any atom is -0.461 e. The van der Waals surface area contributed by atoms with E-state index in [1.807, 2.05) is 0 Å². The van der Waals surface area contributed by atoms with E-state index in [-0.39, 0.29) is 36.0 Å². The second-order valence-corrected chi connectivity index (χ2v) is 10.7. The molecule has 0 N–H and O–H groups in total. The van der Waals surface area contributed by atoms with E-state index in [9.17, 15) is 14.4 Å². The molecular formula is C29H51NO5. The summed E-state index contributed by atoms with van der Waals surface area (Å²) in [6, 6.07) is -0.466. The molecule has 2 rings (SSSR count). The maximum absolute atomic E-state index is 13.0. The Morgan fingerprint density at radius 3 is 2.14 bits per heavy atom. The van der Waals surface area contributed by atoms with Crippen molar-refractivity contribution in [1.29, 1.82) is 0 Å². The number of amides is 1. The fraction of sp³-hybridized carbons (Fsp3) is 0.897. The molecule has 6 heteroatoms. The van der Waals surface area contributed by atoms with Crippen molar-refractivity contribution in [2.24, 2.45) is 5.92 Å². The van der Waals surface area contributed by atoms with Gasteiger partial charge in [-0.2, -0.15) is 0 Å². The van der Waals surface area contributed by atoms with Crippen LogP contribution in [0.1, 0.15) is 136 Å². The molecule has 2 saturated heterocycles. The monoisotopic (exact) mass is 493 g/mol. The van der Waals surface area contributed by atoms with Crippen LogP contribution in [-0.4, -0.2) is 47.5 Å². The number of nitrogens with zero attached hydrogens (tertiary/aromatic N) is 1. The maximum atomic E-state index is 13.0. The number of ether oxygens (including phenoxy) is 2. The van der Waals surface area contributed by atoms with Crippen LogP contribution in [0.4, 0.5) is 0 Å². The number of carbonyl (C=O) groups excluding carboxylic acids is 3. The van der Waals surface area contributed by atoms with E-state index >= 15 is 0 Å². The minimum absolute atomic E-state index is 0.0589. The van der Waals surface area contributed by atoms with Crippen LogP contribution in [-0.2, 0) is 23.9 Å². The van der Waals surface area contributed by atoms with Gasteiger partial charge in [-0.15, -0.1) is 0 Å². The predicted octanol–water partition coefficient (Wildman–Crippen LogP) is 6.73. The lowest BCUT2D eigenvalue weighted by Crippen LogP contribution is -2.48. The lowest BCUT2D eigenvalue weighted by atomic mass is 9.86. The molecule has 0 saturated carbocycles. The average molecular weight is 494 g/mol. The predicted molar refractivity (Wildman–Crippen MR) is 139 cm³/mol. The zero-order valence-electron chi connectivity index (χ0n) is 22.7. The highest BCUT2D eigenvalue weighted by atomic mass is 16.6. The zero-order valence-corrected chi connectivity index (χ0v) is 22.7. The number of rotatable bonds is 19. The van der Waals surface area contributed by atoms with Crippen LogP contribution in [0, 0.1) is 5.92 Å². The number of hydrogen-bond donors (Lipinski definition) is 0. The molecule has 4 atom stereocenters. The Kier molecular flexibility index (Phi) is 14.4. The summed E-state index contributed by atoms with van der Waals surface area (Å²) in [5.74, 6) is -0.515. The summed E-state index contributed by atoms with van der Waals surface area (Å²) in [7, 11) is 0. The molecule has 35 heavy (non-hydrogen) atoms. The minimum atomic E-state index is -0.466. The van der Waals surface area contributed by atoms with E-state index < -0.39 is 6.04 Å². The van der Waals surface area contributed by atoms with Gasteiger partial charge in [0, 0.05) is 19.9 Å². The normalized spacial score (nSPS) is 22.5. The lowest BCUT2D eigenvalue weighted by Gasteiger charge is -2.37. The molecule has 0 radical (unpaired) electrons. The molecule has 0 bridgehead atoms. The van der Waals surface area contributed by atoms with Crippen LogP contribution in [0.5, 0.6) is 0 Å². The van der Waals surface area contributed by atoms with Crippen LogP contribution >= 0.6 is 0 Å². The Balaban J connectivity index is 1.83. The summed E-state index contributed by atoms with van der Waals surface area (Å²) < 4.78 is 11.5.